The zero-order valence-corrected chi connectivity index (χ0v) is 16.0. The fourth-order valence-corrected chi connectivity index (χ4v) is 4.02. The van der Waals surface area contributed by atoms with Gasteiger partial charge in [0, 0.05) is 17.0 Å². The van der Waals surface area contributed by atoms with Crippen LogP contribution in [-0.2, 0) is 9.59 Å². The average Bonchev–Trinajstić information content (AvgIpc) is 3.24. The molecule has 1 amide bonds. The molecule has 0 bridgehead atoms. The van der Waals surface area contributed by atoms with Gasteiger partial charge in [-0.2, -0.15) is 0 Å². The average molecular weight is 388 g/mol. The number of amides is 1. The van der Waals surface area contributed by atoms with Crippen LogP contribution in [0.4, 0.5) is 4.39 Å². The molecule has 1 saturated heterocycles. The van der Waals surface area contributed by atoms with E-state index in [1.807, 2.05) is 36.5 Å². The van der Waals surface area contributed by atoms with Crippen molar-refractivity contribution in [1.29, 1.82) is 0 Å². The molecule has 0 saturated carbocycles. The van der Waals surface area contributed by atoms with Crippen molar-refractivity contribution in [2.75, 3.05) is 27.2 Å². The van der Waals surface area contributed by atoms with Crippen LogP contribution >= 0.6 is 11.3 Å². The molecule has 1 atom stereocenters. The summed E-state index contributed by atoms with van der Waals surface area (Å²) < 4.78 is 13.2. The molecule has 7 heteroatoms. The number of hydrogen-bond acceptors (Lipinski definition) is 5. The SMILES string of the molecule is CN(C)CCCN1C(=O)C(=O)/C(=C(\O)c2ccc(F)cc2)C1c1cccs1. The highest BCUT2D eigenvalue weighted by atomic mass is 32.1. The molecule has 0 radical (unpaired) electrons. The van der Waals surface area contributed by atoms with Crippen molar-refractivity contribution in [2.45, 2.75) is 12.5 Å². The number of Topliss-reactive ketones (excluding diaryl/α,β-unsaturated/α-hetero) is 1. The molecule has 0 aliphatic carbocycles. The molecule has 142 valence electrons. The third-order valence-corrected chi connectivity index (χ3v) is 5.40. The number of nitrogens with zero attached hydrogens (tertiary/aromatic N) is 2. The predicted molar refractivity (Wildman–Crippen MR) is 103 cm³/mol. The maximum atomic E-state index is 13.2. The molecule has 1 aromatic heterocycles. The van der Waals surface area contributed by atoms with Gasteiger partial charge in [-0.3, -0.25) is 9.59 Å². The van der Waals surface area contributed by atoms with Crippen LogP contribution in [0.2, 0.25) is 0 Å². The number of ketones is 1. The van der Waals surface area contributed by atoms with Crippen molar-refractivity contribution in [2.24, 2.45) is 0 Å². The first kappa shape index (κ1) is 19.3. The quantitative estimate of drug-likeness (QED) is 0.469. The second-order valence-corrected chi connectivity index (χ2v) is 7.65. The zero-order chi connectivity index (χ0) is 19.6. The van der Waals surface area contributed by atoms with Gasteiger partial charge in [0.2, 0.25) is 0 Å². The molecule has 2 aromatic rings. The van der Waals surface area contributed by atoms with Crippen LogP contribution in [0.3, 0.4) is 0 Å². The summed E-state index contributed by atoms with van der Waals surface area (Å²) in [6.07, 6.45) is 0.707. The number of benzene rings is 1. The Morgan fingerprint density at radius 1 is 1.22 bits per heavy atom. The van der Waals surface area contributed by atoms with E-state index in [4.69, 9.17) is 0 Å². The number of aliphatic hydroxyl groups excluding tert-OH is 1. The van der Waals surface area contributed by atoms with Crippen LogP contribution in [0.1, 0.15) is 22.9 Å². The summed E-state index contributed by atoms with van der Waals surface area (Å²) in [6.45, 7) is 1.18. The molecule has 1 aliphatic rings. The van der Waals surface area contributed by atoms with E-state index in [9.17, 15) is 19.1 Å². The number of hydrogen-bond donors (Lipinski definition) is 1. The first-order chi connectivity index (χ1) is 12.9. The largest absolute Gasteiger partial charge is 0.507 e. The van der Waals surface area contributed by atoms with Gasteiger partial charge in [-0.15, -0.1) is 11.3 Å². The van der Waals surface area contributed by atoms with Gasteiger partial charge >= 0.3 is 0 Å². The summed E-state index contributed by atoms with van der Waals surface area (Å²) >= 11 is 1.42. The molecule has 2 heterocycles. The molecule has 27 heavy (non-hydrogen) atoms. The number of thiophene rings is 1. The minimum Gasteiger partial charge on any atom is -0.507 e. The molecular weight excluding hydrogens is 367 g/mol. The van der Waals surface area contributed by atoms with Gasteiger partial charge in [0.05, 0.1) is 11.6 Å². The molecule has 1 fully saturated rings. The van der Waals surface area contributed by atoms with Crippen LogP contribution in [0.25, 0.3) is 5.76 Å². The molecule has 3 rings (SSSR count). The summed E-state index contributed by atoms with van der Waals surface area (Å²) in [5, 5.41) is 12.6. The van der Waals surface area contributed by atoms with E-state index in [0.717, 1.165) is 11.4 Å². The molecule has 1 aromatic carbocycles. The molecule has 1 N–H and O–H groups in total. The number of carbonyl (C=O) groups excluding carboxylic acids is 2. The maximum absolute atomic E-state index is 13.2. The Bertz CT molecular complexity index is 860. The van der Waals surface area contributed by atoms with Gasteiger partial charge in [-0.1, -0.05) is 6.07 Å². The normalized spacial score (nSPS) is 19.3. The van der Waals surface area contributed by atoms with E-state index >= 15 is 0 Å². The molecule has 5 nitrogen and oxygen atoms in total. The molecule has 1 unspecified atom stereocenters. The summed E-state index contributed by atoms with van der Waals surface area (Å²) in [6, 6.07) is 8.28. The van der Waals surface area contributed by atoms with Crippen molar-refractivity contribution in [1.82, 2.24) is 9.80 Å². The van der Waals surface area contributed by atoms with Crippen molar-refractivity contribution in [3.63, 3.8) is 0 Å². The fourth-order valence-electron chi connectivity index (χ4n) is 3.17. The lowest BCUT2D eigenvalue weighted by Crippen LogP contribution is -2.32. The Morgan fingerprint density at radius 2 is 1.93 bits per heavy atom. The van der Waals surface area contributed by atoms with E-state index in [-0.39, 0.29) is 11.3 Å². The summed E-state index contributed by atoms with van der Waals surface area (Å²) in [7, 11) is 3.89. The summed E-state index contributed by atoms with van der Waals surface area (Å²) in [4.78, 5) is 29.7. The predicted octanol–water partition coefficient (Wildman–Crippen LogP) is 3.26. The van der Waals surface area contributed by atoms with Crippen LogP contribution in [0.15, 0.2) is 47.4 Å². The standard InChI is InChI=1S/C20H21FN2O3S/c1-22(2)10-4-11-23-17(15-5-3-12-27-15)16(19(25)20(23)26)18(24)13-6-8-14(21)9-7-13/h3,5-9,12,17,24H,4,10-11H2,1-2H3/b18-16-. The number of rotatable bonds is 6. The van der Waals surface area contributed by atoms with E-state index in [1.54, 1.807) is 0 Å². The minimum absolute atomic E-state index is 0.0545. The van der Waals surface area contributed by atoms with Crippen LogP contribution in [0, 0.1) is 5.82 Å². The van der Waals surface area contributed by atoms with Gasteiger partial charge < -0.3 is 14.9 Å². The lowest BCUT2D eigenvalue weighted by atomic mass is 10.00. The van der Waals surface area contributed by atoms with Crippen molar-refractivity contribution >= 4 is 28.8 Å². The first-order valence-electron chi connectivity index (χ1n) is 8.62. The highest BCUT2D eigenvalue weighted by molar-refractivity contribution is 7.10. The third-order valence-electron chi connectivity index (χ3n) is 4.47. The van der Waals surface area contributed by atoms with Crippen molar-refractivity contribution in [3.8, 4) is 0 Å². The Hall–Kier alpha value is -2.51. The van der Waals surface area contributed by atoms with E-state index < -0.39 is 23.5 Å². The first-order valence-corrected chi connectivity index (χ1v) is 9.50. The maximum Gasteiger partial charge on any atom is 0.295 e. The third kappa shape index (κ3) is 3.94. The van der Waals surface area contributed by atoms with Crippen LogP contribution in [-0.4, -0.2) is 53.8 Å². The Labute approximate surface area is 161 Å². The second-order valence-electron chi connectivity index (χ2n) is 6.67. The molecular formula is C20H21FN2O3S. The van der Waals surface area contributed by atoms with Gasteiger partial charge in [0.1, 0.15) is 11.6 Å². The summed E-state index contributed by atoms with van der Waals surface area (Å²) in [5.74, 6) is -2.04. The topological polar surface area (TPSA) is 60.9 Å². The zero-order valence-electron chi connectivity index (χ0n) is 15.2. The van der Waals surface area contributed by atoms with Crippen molar-refractivity contribution in [3.05, 3.63) is 63.6 Å². The smallest absolute Gasteiger partial charge is 0.295 e. The fraction of sp³-hybridized carbons (Fsp3) is 0.300. The van der Waals surface area contributed by atoms with E-state index in [0.29, 0.717) is 18.5 Å². The lowest BCUT2D eigenvalue weighted by molar-refractivity contribution is -0.139. The Balaban J connectivity index is 2.03. The van der Waals surface area contributed by atoms with E-state index in [2.05, 4.69) is 0 Å². The highest BCUT2D eigenvalue weighted by Gasteiger charge is 2.46. The number of carbonyl (C=O) groups is 2. The monoisotopic (exact) mass is 388 g/mol. The summed E-state index contributed by atoms with van der Waals surface area (Å²) in [5.41, 5.74) is 0.364. The van der Waals surface area contributed by atoms with Gasteiger partial charge in [0.25, 0.3) is 11.7 Å². The van der Waals surface area contributed by atoms with Crippen molar-refractivity contribution < 1.29 is 19.1 Å². The number of aliphatic hydroxyl groups is 1. The molecule has 1 aliphatic heterocycles. The van der Waals surface area contributed by atoms with E-state index in [1.165, 1.54) is 40.5 Å². The second kappa shape index (κ2) is 8.02. The van der Waals surface area contributed by atoms with Crippen LogP contribution in [0.5, 0.6) is 0 Å². The number of halogens is 1. The van der Waals surface area contributed by atoms with Gasteiger partial charge in [-0.25, -0.2) is 4.39 Å². The van der Waals surface area contributed by atoms with Gasteiger partial charge in [-0.05, 0) is 62.8 Å². The lowest BCUT2D eigenvalue weighted by Gasteiger charge is -2.24. The number of likely N-dealkylation sites (tertiary alicyclic amines) is 1. The Kier molecular flexibility index (Phi) is 5.72. The van der Waals surface area contributed by atoms with Gasteiger partial charge in [0.15, 0.2) is 0 Å². The van der Waals surface area contributed by atoms with Crippen LogP contribution < -0.4 is 0 Å². The molecule has 0 spiro atoms. The highest BCUT2D eigenvalue weighted by Crippen LogP contribution is 2.41. The Morgan fingerprint density at radius 3 is 2.52 bits per heavy atom. The minimum atomic E-state index is -0.708.